The molecule has 0 bridgehead atoms. The molecule has 4 nitrogen and oxygen atoms in total. The molecule has 112 valence electrons. The first-order valence-electron chi connectivity index (χ1n) is 7.27. The molecule has 21 heavy (non-hydrogen) atoms. The van der Waals surface area contributed by atoms with Gasteiger partial charge in [-0.25, -0.2) is 9.97 Å². The minimum Gasteiger partial charge on any atom is -0.370 e. The molecule has 0 aliphatic carbocycles. The van der Waals surface area contributed by atoms with E-state index in [1.54, 1.807) is 0 Å². The Bertz CT molecular complexity index is 613. The van der Waals surface area contributed by atoms with E-state index >= 15 is 0 Å². The summed E-state index contributed by atoms with van der Waals surface area (Å²) < 4.78 is 0. The van der Waals surface area contributed by atoms with Gasteiger partial charge >= 0.3 is 0 Å². The van der Waals surface area contributed by atoms with Gasteiger partial charge in [-0.1, -0.05) is 31.5 Å². The lowest BCUT2D eigenvalue weighted by Crippen LogP contribution is -2.06. The van der Waals surface area contributed by atoms with Crippen molar-refractivity contribution in [3.05, 3.63) is 40.7 Å². The number of aryl methyl sites for hydroxylation is 2. The van der Waals surface area contributed by atoms with E-state index in [-0.39, 0.29) is 0 Å². The second-order valence-corrected chi connectivity index (χ2v) is 5.33. The van der Waals surface area contributed by atoms with Crippen molar-refractivity contribution in [1.82, 2.24) is 9.97 Å². The third-order valence-electron chi connectivity index (χ3n) is 3.09. The van der Waals surface area contributed by atoms with E-state index in [0.29, 0.717) is 0 Å². The van der Waals surface area contributed by atoms with E-state index in [4.69, 9.17) is 11.6 Å². The fourth-order valence-corrected chi connectivity index (χ4v) is 2.06. The molecule has 0 amide bonds. The predicted octanol–water partition coefficient (Wildman–Crippen LogP) is 4.57. The van der Waals surface area contributed by atoms with Crippen LogP contribution in [0.3, 0.4) is 0 Å². The van der Waals surface area contributed by atoms with Crippen LogP contribution >= 0.6 is 11.6 Å². The van der Waals surface area contributed by atoms with Gasteiger partial charge in [-0.15, -0.1) is 0 Å². The Morgan fingerprint density at radius 3 is 2.52 bits per heavy atom. The Hall–Kier alpha value is -1.81. The summed E-state index contributed by atoms with van der Waals surface area (Å²) in [5.74, 6) is 2.45. The lowest BCUT2D eigenvalue weighted by atomic mass is 10.2. The molecule has 5 heteroatoms. The second-order valence-electron chi connectivity index (χ2n) is 4.92. The Morgan fingerprint density at radius 2 is 1.86 bits per heavy atom. The van der Waals surface area contributed by atoms with Crippen molar-refractivity contribution in [2.24, 2.45) is 0 Å². The molecule has 1 aromatic carbocycles. The molecule has 1 heterocycles. The van der Waals surface area contributed by atoms with Crippen molar-refractivity contribution in [3.8, 4) is 0 Å². The fourth-order valence-electron chi connectivity index (χ4n) is 1.88. The van der Waals surface area contributed by atoms with E-state index in [1.165, 1.54) is 0 Å². The highest BCUT2D eigenvalue weighted by atomic mass is 35.5. The minimum absolute atomic E-state index is 0.745. The smallest absolute Gasteiger partial charge is 0.136 e. The molecule has 2 rings (SSSR count). The van der Waals surface area contributed by atoms with Crippen LogP contribution in [-0.2, 0) is 6.42 Å². The maximum Gasteiger partial charge on any atom is 0.136 e. The molecule has 0 aliphatic rings. The first-order chi connectivity index (χ1) is 10.1. The first-order valence-corrected chi connectivity index (χ1v) is 7.65. The van der Waals surface area contributed by atoms with Crippen LogP contribution in [0.4, 0.5) is 17.3 Å². The first kappa shape index (κ1) is 15.6. The zero-order valence-corrected chi connectivity index (χ0v) is 13.5. The van der Waals surface area contributed by atoms with Gasteiger partial charge in [0, 0.05) is 29.7 Å². The topological polar surface area (TPSA) is 49.8 Å². The molecule has 0 atom stereocenters. The molecule has 0 unspecified atom stereocenters. The van der Waals surface area contributed by atoms with Crippen molar-refractivity contribution in [3.63, 3.8) is 0 Å². The third-order valence-corrected chi connectivity index (χ3v) is 3.50. The summed E-state index contributed by atoms with van der Waals surface area (Å²) in [5.41, 5.74) is 1.98. The van der Waals surface area contributed by atoms with Gasteiger partial charge in [-0.3, -0.25) is 0 Å². The number of benzene rings is 1. The van der Waals surface area contributed by atoms with Crippen molar-refractivity contribution < 1.29 is 0 Å². The number of hydrogen-bond acceptors (Lipinski definition) is 4. The molecule has 0 fully saturated rings. The molecule has 0 radical (unpaired) electrons. The summed E-state index contributed by atoms with van der Waals surface area (Å²) in [7, 11) is 0. The zero-order chi connectivity index (χ0) is 15.2. The number of halogens is 1. The van der Waals surface area contributed by atoms with Gasteiger partial charge < -0.3 is 10.6 Å². The maximum atomic E-state index is 6.15. The largest absolute Gasteiger partial charge is 0.370 e. The van der Waals surface area contributed by atoms with Crippen LogP contribution in [0.2, 0.25) is 5.02 Å². The monoisotopic (exact) mass is 304 g/mol. The Labute approximate surface area is 131 Å². The van der Waals surface area contributed by atoms with E-state index in [2.05, 4.69) is 27.5 Å². The van der Waals surface area contributed by atoms with Crippen LogP contribution in [0.25, 0.3) is 0 Å². The molecular weight excluding hydrogens is 284 g/mol. The number of nitrogens with zero attached hydrogens (tertiary/aromatic N) is 2. The van der Waals surface area contributed by atoms with Gasteiger partial charge in [0.05, 0.1) is 0 Å². The zero-order valence-electron chi connectivity index (χ0n) is 12.7. The molecular formula is C16H21ClN4. The maximum absolute atomic E-state index is 6.15. The highest BCUT2D eigenvalue weighted by Gasteiger charge is 2.05. The summed E-state index contributed by atoms with van der Waals surface area (Å²) >= 11 is 6.15. The van der Waals surface area contributed by atoms with Crippen LogP contribution in [0, 0.1) is 6.92 Å². The molecule has 1 aromatic heterocycles. The van der Waals surface area contributed by atoms with Crippen LogP contribution in [-0.4, -0.2) is 16.5 Å². The Kier molecular flexibility index (Phi) is 5.39. The highest BCUT2D eigenvalue weighted by Crippen LogP contribution is 2.23. The van der Waals surface area contributed by atoms with Crippen LogP contribution in [0.15, 0.2) is 24.3 Å². The number of rotatable bonds is 6. The molecule has 2 N–H and O–H groups in total. The Balaban J connectivity index is 2.23. The van der Waals surface area contributed by atoms with Gasteiger partial charge in [0.25, 0.3) is 0 Å². The number of aromatic nitrogens is 2. The number of nitrogens with one attached hydrogen (secondary N) is 2. The van der Waals surface area contributed by atoms with Gasteiger partial charge in [0.15, 0.2) is 0 Å². The SMILES string of the molecule is CCCNc1cc(Nc2ccc(C)c(Cl)c2)nc(CC)n1. The van der Waals surface area contributed by atoms with Gasteiger partial charge in [0.1, 0.15) is 17.5 Å². The molecule has 0 aliphatic heterocycles. The summed E-state index contributed by atoms with van der Waals surface area (Å²) in [6.45, 7) is 7.06. The Morgan fingerprint density at radius 1 is 1.10 bits per heavy atom. The molecule has 0 saturated heterocycles. The third kappa shape index (κ3) is 4.33. The molecule has 0 spiro atoms. The number of anilines is 3. The quantitative estimate of drug-likeness (QED) is 0.821. The van der Waals surface area contributed by atoms with Gasteiger partial charge in [-0.05, 0) is 31.0 Å². The summed E-state index contributed by atoms with van der Waals surface area (Å²) in [6, 6.07) is 7.81. The lowest BCUT2D eigenvalue weighted by Gasteiger charge is -2.11. The summed E-state index contributed by atoms with van der Waals surface area (Å²) in [5, 5.41) is 7.33. The van der Waals surface area contributed by atoms with Crippen LogP contribution in [0.5, 0.6) is 0 Å². The minimum atomic E-state index is 0.745. The van der Waals surface area contributed by atoms with Gasteiger partial charge in [-0.2, -0.15) is 0 Å². The lowest BCUT2D eigenvalue weighted by molar-refractivity contribution is 0.919. The van der Waals surface area contributed by atoms with E-state index in [9.17, 15) is 0 Å². The predicted molar refractivity (Wildman–Crippen MR) is 89.7 cm³/mol. The van der Waals surface area contributed by atoms with Crippen molar-refractivity contribution in [1.29, 1.82) is 0 Å². The van der Waals surface area contributed by atoms with E-state index in [1.807, 2.05) is 38.1 Å². The summed E-state index contributed by atoms with van der Waals surface area (Å²) in [4.78, 5) is 8.98. The van der Waals surface area contributed by atoms with Crippen molar-refractivity contribution >= 4 is 28.9 Å². The van der Waals surface area contributed by atoms with Gasteiger partial charge in [0.2, 0.25) is 0 Å². The average Bonchev–Trinajstić information content (AvgIpc) is 2.48. The van der Waals surface area contributed by atoms with E-state index in [0.717, 1.165) is 53.1 Å². The standard InChI is InChI=1S/C16H21ClN4/c1-4-8-18-15-10-16(21-14(5-2)20-15)19-12-7-6-11(3)13(17)9-12/h6-7,9-10H,4-5,8H2,1-3H3,(H2,18,19,20,21). The molecule has 0 saturated carbocycles. The normalized spacial score (nSPS) is 10.5. The fraction of sp³-hybridized carbons (Fsp3) is 0.375. The second kappa shape index (κ2) is 7.27. The van der Waals surface area contributed by atoms with Crippen molar-refractivity contribution in [2.45, 2.75) is 33.6 Å². The van der Waals surface area contributed by atoms with Crippen LogP contribution < -0.4 is 10.6 Å². The highest BCUT2D eigenvalue weighted by molar-refractivity contribution is 6.31. The number of hydrogen-bond donors (Lipinski definition) is 2. The van der Waals surface area contributed by atoms with Crippen molar-refractivity contribution in [2.75, 3.05) is 17.2 Å². The van der Waals surface area contributed by atoms with E-state index < -0.39 is 0 Å². The average molecular weight is 305 g/mol. The molecule has 2 aromatic rings. The summed E-state index contributed by atoms with van der Waals surface area (Å²) in [6.07, 6.45) is 1.85. The van der Waals surface area contributed by atoms with Crippen LogP contribution in [0.1, 0.15) is 31.7 Å².